The Morgan fingerprint density at radius 1 is 1.16 bits per heavy atom. The Morgan fingerprint density at radius 2 is 1.92 bits per heavy atom. The molecule has 9 heteroatoms. The lowest BCUT2D eigenvalue weighted by molar-refractivity contribution is -0.134. The minimum atomic E-state index is -3.13. The van der Waals surface area contributed by atoms with E-state index < -0.39 is 42.8 Å². The highest BCUT2D eigenvalue weighted by atomic mass is 35.5. The van der Waals surface area contributed by atoms with Crippen molar-refractivity contribution in [3.8, 4) is 6.07 Å². The number of aromatic nitrogens is 1. The fourth-order valence-electron chi connectivity index (χ4n) is 4.96. The quantitative estimate of drug-likeness (QED) is 0.476. The lowest BCUT2D eigenvalue weighted by atomic mass is 9.91. The van der Waals surface area contributed by atoms with E-state index in [4.69, 9.17) is 11.6 Å². The van der Waals surface area contributed by atoms with Crippen LogP contribution in [0.4, 0.5) is 8.78 Å². The van der Waals surface area contributed by atoms with Gasteiger partial charge in [0.15, 0.2) is 0 Å². The Kier molecular flexibility index (Phi) is 6.42. The van der Waals surface area contributed by atoms with Crippen molar-refractivity contribution in [2.24, 2.45) is 5.92 Å². The molecule has 1 atom stereocenters. The topological polar surface area (TPSA) is 86.1 Å². The SMILES string of the molecule is N#CC1(C2CC2)CC(F)(F)CN1C(=O)CNC(=O)c1ccncc1C=Cc1ccc2cc(Cl)ccc2c1. The third-order valence-corrected chi connectivity index (χ3v) is 7.16. The van der Waals surface area contributed by atoms with E-state index in [-0.39, 0.29) is 11.5 Å². The summed E-state index contributed by atoms with van der Waals surface area (Å²) < 4.78 is 28.4. The van der Waals surface area contributed by atoms with Crippen LogP contribution in [0.5, 0.6) is 0 Å². The van der Waals surface area contributed by atoms with Gasteiger partial charge in [-0.2, -0.15) is 5.26 Å². The minimum absolute atomic E-state index is 0.255. The van der Waals surface area contributed by atoms with Crippen molar-refractivity contribution in [1.29, 1.82) is 5.26 Å². The number of nitrogens with one attached hydrogen (secondary N) is 1. The largest absolute Gasteiger partial charge is 0.343 e. The molecule has 1 aromatic heterocycles. The lowest BCUT2D eigenvalue weighted by Gasteiger charge is -2.31. The van der Waals surface area contributed by atoms with Crippen molar-refractivity contribution in [2.75, 3.05) is 13.1 Å². The fourth-order valence-corrected chi connectivity index (χ4v) is 5.14. The van der Waals surface area contributed by atoms with Crippen LogP contribution in [0.25, 0.3) is 22.9 Å². The molecule has 0 spiro atoms. The van der Waals surface area contributed by atoms with E-state index >= 15 is 0 Å². The molecule has 6 nitrogen and oxygen atoms in total. The Balaban J connectivity index is 1.29. The molecule has 1 aliphatic carbocycles. The Labute approximate surface area is 217 Å². The molecule has 0 radical (unpaired) electrons. The number of alkyl halides is 2. The summed E-state index contributed by atoms with van der Waals surface area (Å²) in [7, 11) is 0. The molecular weight excluding hydrogens is 498 g/mol. The Morgan fingerprint density at radius 3 is 2.68 bits per heavy atom. The predicted octanol–water partition coefficient (Wildman–Crippen LogP) is 5.33. The molecule has 1 unspecified atom stereocenters. The van der Waals surface area contributed by atoms with E-state index in [1.165, 1.54) is 18.5 Å². The maximum atomic E-state index is 14.2. The summed E-state index contributed by atoms with van der Waals surface area (Å²) in [6.07, 6.45) is 7.19. The number of nitriles is 1. The number of hydrogen-bond donors (Lipinski definition) is 1. The smallest absolute Gasteiger partial charge is 0.268 e. The van der Waals surface area contributed by atoms with Gasteiger partial charge < -0.3 is 10.2 Å². The Hall–Kier alpha value is -3.83. The molecule has 3 aromatic rings. The van der Waals surface area contributed by atoms with E-state index in [1.54, 1.807) is 6.08 Å². The number of hydrogen-bond acceptors (Lipinski definition) is 4. The molecule has 5 rings (SSSR count). The summed E-state index contributed by atoms with van der Waals surface area (Å²) in [5.41, 5.74) is 0.206. The highest BCUT2D eigenvalue weighted by molar-refractivity contribution is 6.31. The van der Waals surface area contributed by atoms with Gasteiger partial charge >= 0.3 is 0 Å². The number of carbonyl (C=O) groups is 2. The highest BCUT2D eigenvalue weighted by Gasteiger charge is 2.62. The molecule has 2 amide bonds. The van der Waals surface area contributed by atoms with E-state index in [1.807, 2.05) is 48.5 Å². The number of benzene rings is 2. The van der Waals surface area contributed by atoms with E-state index in [0.29, 0.717) is 23.4 Å². The first-order valence-corrected chi connectivity index (χ1v) is 12.3. The first kappa shape index (κ1) is 24.8. The molecular formula is C28H23ClF2N4O2. The standard InChI is InChI=1S/C28H23ClF2N4O2/c29-23-8-5-19-11-18(1-3-20(19)12-23)2-4-21-13-33-10-9-24(21)26(37)34-14-25(36)35-17-28(30,31)15-27(35,16-32)22-6-7-22/h1-5,8-13,22H,6-7,14-15,17H2,(H,34,37). The predicted molar refractivity (Wildman–Crippen MR) is 137 cm³/mol. The molecule has 2 aromatic carbocycles. The van der Waals surface area contributed by atoms with Crippen LogP contribution < -0.4 is 5.32 Å². The zero-order valence-electron chi connectivity index (χ0n) is 19.8. The Bertz CT molecular complexity index is 1460. The van der Waals surface area contributed by atoms with Crippen molar-refractivity contribution >= 4 is 46.3 Å². The number of fused-ring (bicyclic) bond motifs is 1. The molecule has 188 valence electrons. The van der Waals surface area contributed by atoms with Crippen LogP contribution in [0.15, 0.2) is 54.9 Å². The number of halogens is 3. The van der Waals surface area contributed by atoms with Crippen LogP contribution in [-0.4, -0.2) is 46.2 Å². The van der Waals surface area contributed by atoms with Gasteiger partial charge in [0.25, 0.3) is 11.8 Å². The number of rotatable bonds is 6. The average molecular weight is 521 g/mol. The molecule has 2 aliphatic rings. The molecule has 0 bridgehead atoms. The van der Waals surface area contributed by atoms with Crippen LogP contribution in [0.3, 0.4) is 0 Å². The monoisotopic (exact) mass is 520 g/mol. The van der Waals surface area contributed by atoms with E-state index in [0.717, 1.165) is 21.2 Å². The van der Waals surface area contributed by atoms with Gasteiger partial charge in [-0.1, -0.05) is 42.0 Å². The maximum Gasteiger partial charge on any atom is 0.268 e. The van der Waals surface area contributed by atoms with Gasteiger partial charge in [0.2, 0.25) is 5.91 Å². The van der Waals surface area contributed by atoms with E-state index in [9.17, 15) is 23.6 Å². The first-order valence-electron chi connectivity index (χ1n) is 11.9. The number of nitrogens with zero attached hydrogens (tertiary/aromatic N) is 3. The third-order valence-electron chi connectivity index (χ3n) is 6.92. The van der Waals surface area contributed by atoms with Crippen molar-refractivity contribution in [2.45, 2.75) is 30.7 Å². The van der Waals surface area contributed by atoms with Crippen molar-refractivity contribution in [1.82, 2.24) is 15.2 Å². The zero-order chi connectivity index (χ0) is 26.2. The number of carbonyl (C=O) groups excluding carboxylic acids is 2. The average Bonchev–Trinajstić information content (AvgIpc) is 3.70. The van der Waals surface area contributed by atoms with Gasteiger partial charge in [-0.25, -0.2) is 8.78 Å². The molecule has 1 saturated heterocycles. The summed E-state index contributed by atoms with van der Waals surface area (Å²) in [6.45, 7) is -1.29. The molecule has 1 saturated carbocycles. The van der Waals surface area contributed by atoms with E-state index in [2.05, 4.69) is 10.3 Å². The minimum Gasteiger partial charge on any atom is -0.343 e. The third kappa shape index (κ3) is 5.05. The van der Waals surface area contributed by atoms with Gasteiger partial charge in [-0.05, 0) is 59.4 Å². The van der Waals surface area contributed by atoms with Crippen molar-refractivity contribution < 1.29 is 18.4 Å². The summed E-state index contributed by atoms with van der Waals surface area (Å²) in [5, 5.41) is 14.9. The fraction of sp³-hybridized carbons (Fsp3) is 0.286. The zero-order valence-corrected chi connectivity index (χ0v) is 20.5. The van der Waals surface area contributed by atoms with Gasteiger partial charge in [-0.15, -0.1) is 0 Å². The second-order valence-electron chi connectivity index (χ2n) is 9.55. The molecule has 1 aliphatic heterocycles. The molecule has 37 heavy (non-hydrogen) atoms. The van der Waals surface area contributed by atoms with Crippen LogP contribution in [0.1, 0.15) is 40.7 Å². The van der Waals surface area contributed by atoms with Crippen LogP contribution >= 0.6 is 11.6 Å². The normalized spacial score (nSPS) is 20.8. The van der Waals surface area contributed by atoms with Crippen molar-refractivity contribution in [3.63, 3.8) is 0 Å². The second-order valence-corrected chi connectivity index (χ2v) is 9.99. The van der Waals surface area contributed by atoms with Crippen LogP contribution in [0, 0.1) is 17.2 Å². The number of likely N-dealkylation sites (tertiary alicyclic amines) is 1. The summed E-state index contributed by atoms with van der Waals surface area (Å²) in [4.78, 5) is 30.9. The van der Waals surface area contributed by atoms with Gasteiger partial charge in [0.1, 0.15) is 5.54 Å². The maximum absolute atomic E-state index is 14.2. The number of pyridine rings is 1. The summed E-state index contributed by atoms with van der Waals surface area (Å²) in [5.74, 6) is -4.62. The summed E-state index contributed by atoms with van der Waals surface area (Å²) in [6, 6.07) is 15.0. The van der Waals surface area contributed by atoms with Gasteiger partial charge in [-0.3, -0.25) is 14.6 Å². The summed E-state index contributed by atoms with van der Waals surface area (Å²) >= 11 is 6.05. The second kappa shape index (κ2) is 9.56. The van der Waals surface area contributed by atoms with Gasteiger partial charge in [0, 0.05) is 28.5 Å². The van der Waals surface area contributed by atoms with Crippen LogP contribution in [-0.2, 0) is 4.79 Å². The number of amides is 2. The lowest BCUT2D eigenvalue weighted by Crippen LogP contribution is -2.51. The first-order chi connectivity index (χ1) is 17.7. The van der Waals surface area contributed by atoms with Crippen LogP contribution in [0.2, 0.25) is 5.02 Å². The van der Waals surface area contributed by atoms with Gasteiger partial charge in [0.05, 0.1) is 25.6 Å². The molecule has 1 N–H and O–H groups in total. The highest BCUT2D eigenvalue weighted by Crippen LogP contribution is 2.52. The molecule has 2 heterocycles. The van der Waals surface area contributed by atoms with Crippen molar-refractivity contribution in [3.05, 3.63) is 76.6 Å². The molecule has 2 fully saturated rings.